The Labute approximate surface area is 139 Å². The molecule has 0 bridgehead atoms. The minimum atomic E-state index is -0.488. The average Bonchev–Trinajstić information content (AvgIpc) is 2.59. The summed E-state index contributed by atoms with van der Waals surface area (Å²) in [6, 6.07) is 4.36. The summed E-state index contributed by atoms with van der Waals surface area (Å²) in [7, 11) is 1.40. The van der Waals surface area contributed by atoms with Gasteiger partial charge in [-0.25, -0.2) is 0 Å². The van der Waals surface area contributed by atoms with Gasteiger partial charge >= 0.3 is 0 Å². The van der Waals surface area contributed by atoms with Crippen molar-refractivity contribution in [3.63, 3.8) is 0 Å². The van der Waals surface area contributed by atoms with Crippen molar-refractivity contribution in [3.8, 4) is 11.5 Å². The number of aryl methyl sites for hydroxylation is 1. The first-order valence-electron chi connectivity index (χ1n) is 7.70. The van der Waals surface area contributed by atoms with Crippen LogP contribution in [0.5, 0.6) is 11.5 Å². The highest BCUT2D eigenvalue weighted by molar-refractivity contribution is 5.89. The fourth-order valence-corrected chi connectivity index (χ4v) is 2.56. The van der Waals surface area contributed by atoms with Crippen molar-refractivity contribution in [2.24, 2.45) is 0 Å². The number of allylic oxidation sites excluding steroid dienone is 2. The van der Waals surface area contributed by atoms with Gasteiger partial charge in [-0.15, -0.1) is 0 Å². The molecule has 0 aliphatic carbocycles. The summed E-state index contributed by atoms with van der Waals surface area (Å²) < 4.78 is 12.6. The highest BCUT2D eigenvalue weighted by Gasteiger charge is 2.21. The van der Waals surface area contributed by atoms with E-state index in [1.165, 1.54) is 23.8 Å². The van der Waals surface area contributed by atoms with Crippen LogP contribution in [0.1, 0.15) is 27.2 Å². The minimum absolute atomic E-state index is 0.0815. The van der Waals surface area contributed by atoms with Crippen molar-refractivity contribution in [3.05, 3.63) is 50.5 Å². The van der Waals surface area contributed by atoms with Gasteiger partial charge in [-0.3, -0.25) is 14.9 Å². The van der Waals surface area contributed by atoms with E-state index < -0.39 is 4.92 Å². The molecule has 0 saturated heterocycles. The van der Waals surface area contributed by atoms with Gasteiger partial charge in [0.2, 0.25) is 5.75 Å². The van der Waals surface area contributed by atoms with Gasteiger partial charge in [0, 0.05) is 30.5 Å². The fourth-order valence-electron chi connectivity index (χ4n) is 2.56. The molecule has 128 valence electrons. The van der Waals surface area contributed by atoms with Crippen LogP contribution in [0.15, 0.2) is 34.8 Å². The van der Waals surface area contributed by atoms with Crippen LogP contribution in [0.25, 0.3) is 10.9 Å². The lowest BCUT2D eigenvalue weighted by molar-refractivity contribution is -0.384. The molecule has 0 radical (unpaired) electrons. The molecular weight excluding hydrogens is 312 g/mol. The number of nitro benzene ring substituents is 1. The Morgan fingerprint density at radius 1 is 1.33 bits per heavy atom. The molecule has 0 fully saturated rings. The van der Waals surface area contributed by atoms with Gasteiger partial charge in [-0.2, -0.15) is 0 Å². The molecule has 0 atom stereocenters. The maximum Gasteiger partial charge on any atom is 0.297 e. The van der Waals surface area contributed by atoms with E-state index in [4.69, 9.17) is 9.47 Å². The summed E-state index contributed by atoms with van der Waals surface area (Å²) >= 11 is 0. The number of nitrogens with zero attached hydrogens (tertiary/aromatic N) is 2. The number of methoxy groups -OCH3 is 1. The fraction of sp³-hybridized carbons (Fsp3) is 0.353. The third-order valence-corrected chi connectivity index (χ3v) is 3.80. The van der Waals surface area contributed by atoms with Crippen LogP contribution in [0, 0.1) is 10.1 Å². The van der Waals surface area contributed by atoms with Gasteiger partial charge in [-0.1, -0.05) is 6.92 Å². The molecule has 0 amide bonds. The van der Waals surface area contributed by atoms with Crippen LogP contribution in [0.4, 0.5) is 5.69 Å². The van der Waals surface area contributed by atoms with E-state index in [2.05, 4.69) is 0 Å². The van der Waals surface area contributed by atoms with E-state index in [0.717, 1.165) is 0 Å². The first-order valence-corrected chi connectivity index (χ1v) is 7.70. The van der Waals surface area contributed by atoms with E-state index in [9.17, 15) is 14.9 Å². The zero-order valence-electron chi connectivity index (χ0n) is 14.2. The summed E-state index contributed by atoms with van der Waals surface area (Å²) in [5.74, 6) is 1.06. The molecule has 2 rings (SSSR count). The Kier molecular flexibility index (Phi) is 5.23. The molecule has 1 aromatic carbocycles. The van der Waals surface area contributed by atoms with Crippen molar-refractivity contribution in [2.45, 2.75) is 33.7 Å². The van der Waals surface area contributed by atoms with Crippen LogP contribution in [-0.4, -0.2) is 16.6 Å². The highest BCUT2D eigenvalue weighted by Crippen LogP contribution is 2.35. The van der Waals surface area contributed by atoms with Crippen molar-refractivity contribution in [1.29, 1.82) is 0 Å². The number of rotatable bonds is 6. The largest absolute Gasteiger partial charge is 0.488 e. The van der Waals surface area contributed by atoms with E-state index in [1.54, 1.807) is 13.0 Å². The second-order valence-electron chi connectivity index (χ2n) is 5.08. The number of benzene rings is 1. The van der Waals surface area contributed by atoms with Crippen LogP contribution in [0.2, 0.25) is 0 Å². The smallest absolute Gasteiger partial charge is 0.297 e. The zero-order valence-corrected chi connectivity index (χ0v) is 14.2. The first-order chi connectivity index (χ1) is 11.5. The quantitative estimate of drug-likeness (QED) is 0.458. The van der Waals surface area contributed by atoms with Crippen LogP contribution < -0.4 is 15.0 Å². The Morgan fingerprint density at radius 3 is 2.54 bits per heavy atom. The third kappa shape index (κ3) is 2.97. The van der Waals surface area contributed by atoms with E-state index >= 15 is 0 Å². The van der Waals surface area contributed by atoms with Crippen molar-refractivity contribution >= 4 is 16.6 Å². The molecule has 1 aromatic heterocycles. The van der Waals surface area contributed by atoms with E-state index in [1.807, 2.05) is 19.9 Å². The lowest BCUT2D eigenvalue weighted by Gasteiger charge is -2.17. The predicted octanol–water partition coefficient (Wildman–Crippen LogP) is 3.63. The van der Waals surface area contributed by atoms with Gasteiger partial charge in [0.05, 0.1) is 23.3 Å². The van der Waals surface area contributed by atoms with E-state index in [-0.39, 0.29) is 22.7 Å². The molecule has 24 heavy (non-hydrogen) atoms. The summed E-state index contributed by atoms with van der Waals surface area (Å²) in [4.78, 5) is 23.2. The van der Waals surface area contributed by atoms with Crippen LogP contribution in [-0.2, 0) is 6.54 Å². The molecule has 0 saturated carbocycles. The second kappa shape index (κ2) is 7.16. The molecule has 7 heteroatoms. The topological polar surface area (TPSA) is 83.6 Å². The number of non-ortho nitro benzene ring substituents is 1. The maximum absolute atomic E-state index is 12.7. The normalized spacial score (nSPS) is 11.6. The number of pyridine rings is 1. The molecule has 0 aliphatic heterocycles. The second-order valence-corrected chi connectivity index (χ2v) is 5.08. The summed E-state index contributed by atoms with van der Waals surface area (Å²) in [5, 5.41) is 11.7. The summed E-state index contributed by atoms with van der Waals surface area (Å²) in [6.45, 7) is 5.92. The van der Waals surface area contributed by atoms with Gasteiger partial charge in [0.15, 0.2) is 5.75 Å². The lowest BCUT2D eigenvalue weighted by atomic mass is 10.1. The van der Waals surface area contributed by atoms with Crippen LogP contribution in [0.3, 0.4) is 0 Å². The number of aromatic nitrogens is 1. The number of hydrogen-bond acceptors (Lipinski definition) is 5. The standard InChI is InChI=1S/C17H20N2O5/c1-5-12(6-2)24-15-13-9-8-11(19(21)22)10-14(13)18(7-3)17(20)16(15)23-4/h5,8-10H,6-7H2,1-4H3. The molecule has 0 N–H and O–H groups in total. The summed E-state index contributed by atoms with van der Waals surface area (Å²) in [6.07, 6.45) is 2.45. The average molecular weight is 332 g/mol. The Hall–Kier alpha value is -2.83. The third-order valence-electron chi connectivity index (χ3n) is 3.80. The molecule has 0 spiro atoms. The van der Waals surface area contributed by atoms with Crippen molar-refractivity contribution in [2.75, 3.05) is 7.11 Å². The zero-order chi connectivity index (χ0) is 17.9. The van der Waals surface area contributed by atoms with Gasteiger partial charge in [0.1, 0.15) is 0 Å². The lowest BCUT2D eigenvalue weighted by Crippen LogP contribution is -2.22. The van der Waals surface area contributed by atoms with Gasteiger partial charge < -0.3 is 14.0 Å². The molecule has 1 heterocycles. The van der Waals surface area contributed by atoms with Crippen LogP contribution >= 0.6 is 0 Å². The molecule has 2 aromatic rings. The highest BCUT2D eigenvalue weighted by atomic mass is 16.6. The Balaban J connectivity index is 2.89. The molecular formula is C17H20N2O5. The SMILES string of the molecule is CC=C(CC)Oc1c(OC)c(=O)n(CC)c2cc([N+](=O)[O-])ccc12. The number of nitro groups is 1. The van der Waals surface area contributed by atoms with Crippen molar-refractivity contribution < 1.29 is 14.4 Å². The Morgan fingerprint density at radius 2 is 2.04 bits per heavy atom. The predicted molar refractivity (Wildman–Crippen MR) is 91.8 cm³/mol. The number of fused-ring (bicyclic) bond motifs is 1. The molecule has 0 aliphatic rings. The van der Waals surface area contributed by atoms with Crippen molar-refractivity contribution in [1.82, 2.24) is 4.57 Å². The molecule has 0 unspecified atom stereocenters. The van der Waals surface area contributed by atoms with E-state index in [0.29, 0.717) is 29.6 Å². The number of hydrogen-bond donors (Lipinski definition) is 0. The van der Waals surface area contributed by atoms with Gasteiger partial charge in [-0.05, 0) is 26.0 Å². The Bertz CT molecular complexity index is 867. The molecule has 7 nitrogen and oxygen atoms in total. The minimum Gasteiger partial charge on any atom is -0.488 e. The monoisotopic (exact) mass is 332 g/mol. The van der Waals surface area contributed by atoms with Gasteiger partial charge in [0.25, 0.3) is 11.2 Å². The maximum atomic E-state index is 12.7. The number of ether oxygens (including phenoxy) is 2. The summed E-state index contributed by atoms with van der Waals surface area (Å²) in [5.41, 5.74) is -0.0180. The first kappa shape index (κ1) is 17.5.